The van der Waals surface area contributed by atoms with Crippen LogP contribution in [0.25, 0.3) is 0 Å². The van der Waals surface area contributed by atoms with Crippen LogP contribution in [0.4, 0.5) is 0 Å². The number of aliphatic hydroxyl groups is 1. The molecule has 0 aliphatic rings. The number of carbonyl (C=O) groups is 1. The molecule has 0 aliphatic heterocycles. The molecule has 1 aromatic rings. The average Bonchev–Trinajstić information content (AvgIpc) is 2.54. The molecule has 0 aromatic carbocycles. The number of aromatic nitrogens is 1. The highest BCUT2D eigenvalue weighted by Crippen LogP contribution is 2.25. The predicted molar refractivity (Wildman–Crippen MR) is 86.8 cm³/mol. The molecule has 1 atom stereocenters. The summed E-state index contributed by atoms with van der Waals surface area (Å²) in [6, 6.07) is 3.60. The molecule has 23 heavy (non-hydrogen) atoms. The lowest BCUT2D eigenvalue weighted by Gasteiger charge is -2.13. The van der Waals surface area contributed by atoms with Gasteiger partial charge in [-0.05, 0) is 44.2 Å². The monoisotopic (exact) mass is 320 g/mol. The van der Waals surface area contributed by atoms with Crippen LogP contribution in [-0.2, 0) is 4.79 Å². The Morgan fingerprint density at radius 1 is 1.39 bits per heavy atom. The number of carbonyl (C=O) groups excluding carboxylic acids is 1. The molecule has 5 nitrogen and oxygen atoms in total. The van der Waals surface area contributed by atoms with Crippen LogP contribution in [0.5, 0.6) is 5.88 Å². The van der Waals surface area contributed by atoms with E-state index < -0.39 is 12.1 Å². The Balaban J connectivity index is 2.43. The number of carboxylic acid groups (broad SMARTS) is 1. The van der Waals surface area contributed by atoms with Crippen LogP contribution in [0.15, 0.2) is 30.5 Å². The van der Waals surface area contributed by atoms with E-state index in [4.69, 9.17) is 4.74 Å². The van der Waals surface area contributed by atoms with Crippen molar-refractivity contribution < 1.29 is 19.7 Å². The first-order valence-corrected chi connectivity index (χ1v) is 8.25. The van der Waals surface area contributed by atoms with E-state index in [-0.39, 0.29) is 6.42 Å². The van der Waals surface area contributed by atoms with Gasteiger partial charge in [0.15, 0.2) is 0 Å². The van der Waals surface area contributed by atoms with E-state index in [2.05, 4.69) is 11.9 Å². The summed E-state index contributed by atoms with van der Waals surface area (Å²) in [5.41, 5.74) is 0.684. The van der Waals surface area contributed by atoms with Crippen molar-refractivity contribution in [3.8, 4) is 5.88 Å². The molecule has 0 saturated heterocycles. The Morgan fingerprint density at radius 2 is 2.22 bits per heavy atom. The molecule has 0 amide bonds. The standard InChI is InChI=1S/C18H27NO4/c1-2-3-8-14-23-18-15(10-9-13-19-18)16(20)11-6-4-5-7-12-17(21)22/h4,6,9-10,13,16,20H,2-3,5,7-8,11-12,14H2,1H3,(H,21,22)/p-1/b6-4+. The van der Waals surface area contributed by atoms with Crippen LogP contribution in [0.2, 0.25) is 0 Å². The van der Waals surface area contributed by atoms with Crippen LogP contribution in [-0.4, -0.2) is 22.7 Å². The molecular weight excluding hydrogens is 294 g/mol. The van der Waals surface area contributed by atoms with Gasteiger partial charge in [0.05, 0.1) is 12.7 Å². The molecule has 1 unspecified atom stereocenters. The van der Waals surface area contributed by atoms with Crippen molar-refractivity contribution in [3.63, 3.8) is 0 Å². The first-order valence-electron chi connectivity index (χ1n) is 8.25. The lowest BCUT2D eigenvalue weighted by molar-refractivity contribution is -0.305. The summed E-state index contributed by atoms with van der Waals surface area (Å²) in [6.45, 7) is 2.74. The smallest absolute Gasteiger partial charge is 0.219 e. The molecule has 1 aromatic heterocycles. The molecule has 0 spiro atoms. The summed E-state index contributed by atoms with van der Waals surface area (Å²) in [5, 5.41) is 20.6. The van der Waals surface area contributed by atoms with Gasteiger partial charge in [0.2, 0.25) is 5.88 Å². The van der Waals surface area contributed by atoms with Gasteiger partial charge in [-0.15, -0.1) is 0 Å². The highest BCUT2D eigenvalue weighted by molar-refractivity contribution is 5.64. The third-order valence-electron chi connectivity index (χ3n) is 3.42. The van der Waals surface area contributed by atoms with Crippen molar-refractivity contribution in [2.75, 3.05) is 6.61 Å². The highest BCUT2D eigenvalue weighted by Gasteiger charge is 2.13. The van der Waals surface area contributed by atoms with E-state index >= 15 is 0 Å². The van der Waals surface area contributed by atoms with Gasteiger partial charge in [0.1, 0.15) is 0 Å². The van der Waals surface area contributed by atoms with E-state index in [1.165, 1.54) is 0 Å². The number of ether oxygens (including phenoxy) is 1. The van der Waals surface area contributed by atoms with Crippen molar-refractivity contribution in [2.45, 2.75) is 58.0 Å². The zero-order chi connectivity index (χ0) is 16.9. The molecule has 1 rings (SSSR count). The predicted octanol–water partition coefficient (Wildman–Crippen LogP) is 2.55. The molecular formula is C18H26NO4-. The minimum absolute atomic E-state index is 0.0608. The molecule has 0 bridgehead atoms. The summed E-state index contributed by atoms with van der Waals surface area (Å²) >= 11 is 0. The molecule has 1 N–H and O–H groups in total. The summed E-state index contributed by atoms with van der Waals surface area (Å²) in [7, 11) is 0. The molecule has 1 heterocycles. The molecule has 0 saturated carbocycles. The van der Waals surface area contributed by atoms with Crippen LogP contribution < -0.4 is 9.84 Å². The summed E-state index contributed by atoms with van der Waals surface area (Å²) in [5.74, 6) is -0.542. The fraction of sp³-hybridized carbons (Fsp3) is 0.556. The van der Waals surface area contributed by atoms with E-state index in [1.54, 1.807) is 12.3 Å². The van der Waals surface area contributed by atoms with Gasteiger partial charge in [0.25, 0.3) is 0 Å². The first-order chi connectivity index (χ1) is 11.1. The molecule has 0 fully saturated rings. The van der Waals surface area contributed by atoms with Gasteiger partial charge in [-0.2, -0.15) is 0 Å². The Hall–Kier alpha value is -1.88. The Labute approximate surface area is 138 Å². The van der Waals surface area contributed by atoms with Crippen LogP contribution in [0.1, 0.15) is 63.5 Å². The fourth-order valence-corrected chi connectivity index (χ4v) is 2.13. The van der Waals surface area contributed by atoms with E-state index in [0.29, 0.717) is 37.3 Å². The van der Waals surface area contributed by atoms with Gasteiger partial charge >= 0.3 is 0 Å². The SMILES string of the molecule is CCCCCOc1ncccc1C(O)C/C=C/CCCC(=O)[O-]. The second-order valence-corrected chi connectivity index (χ2v) is 5.44. The number of carboxylic acids is 1. The Kier molecular flexibility index (Phi) is 9.71. The minimum Gasteiger partial charge on any atom is -0.550 e. The zero-order valence-electron chi connectivity index (χ0n) is 13.7. The van der Waals surface area contributed by atoms with Crippen LogP contribution in [0.3, 0.4) is 0 Å². The second kappa shape index (κ2) is 11.7. The second-order valence-electron chi connectivity index (χ2n) is 5.44. The first kappa shape index (κ1) is 19.2. The summed E-state index contributed by atoms with van der Waals surface area (Å²) in [6.07, 6.45) is 9.64. The van der Waals surface area contributed by atoms with Gasteiger partial charge in [-0.3, -0.25) is 0 Å². The number of nitrogens with zero attached hydrogens (tertiary/aromatic N) is 1. The summed E-state index contributed by atoms with van der Waals surface area (Å²) < 4.78 is 5.66. The van der Waals surface area contributed by atoms with Crippen molar-refractivity contribution in [3.05, 3.63) is 36.0 Å². The number of pyridine rings is 1. The highest BCUT2D eigenvalue weighted by atomic mass is 16.5. The van der Waals surface area contributed by atoms with Crippen LogP contribution >= 0.6 is 0 Å². The number of hydrogen-bond acceptors (Lipinski definition) is 5. The van der Waals surface area contributed by atoms with Gasteiger partial charge in [0, 0.05) is 17.7 Å². The van der Waals surface area contributed by atoms with E-state index in [9.17, 15) is 15.0 Å². The lowest BCUT2D eigenvalue weighted by atomic mass is 10.1. The quantitative estimate of drug-likeness (QED) is 0.473. The number of allylic oxidation sites excluding steroid dienone is 1. The minimum atomic E-state index is -1.03. The summed E-state index contributed by atoms with van der Waals surface area (Å²) in [4.78, 5) is 14.5. The fourth-order valence-electron chi connectivity index (χ4n) is 2.13. The van der Waals surface area contributed by atoms with Gasteiger partial charge < -0.3 is 19.7 Å². The van der Waals surface area contributed by atoms with Crippen molar-refractivity contribution in [2.24, 2.45) is 0 Å². The third kappa shape index (κ3) is 8.35. The Morgan fingerprint density at radius 3 is 2.96 bits per heavy atom. The van der Waals surface area contributed by atoms with Gasteiger partial charge in [-0.1, -0.05) is 31.9 Å². The van der Waals surface area contributed by atoms with Crippen molar-refractivity contribution >= 4 is 5.97 Å². The largest absolute Gasteiger partial charge is 0.550 e. The number of hydrogen-bond donors (Lipinski definition) is 1. The van der Waals surface area contributed by atoms with Crippen molar-refractivity contribution in [1.29, 1.82) is 0 Å². The normalized spacial score (nSPS) is 12.4. The third-order valence-corrected chi connectivity index (χ3v) is 3.42. The molecule has 128 valence electrons. The number of unbranched alkanes of at least 4 members (excludes halogenated alkanes) is 3. The topological polar surface area (TPSA) is 82.5 Å². The molecule has 0 aliphatic carbocycles. The maximum atomic E-state index is 10.3. The zero-order valence-corrected chi connectivity index (χ0v) is 13.7. The average molecular weight is 320 g/mol. The number of aliphatic hydroxyl groups excluding tert-OH is 1. The lowest BCUT2D eigenvalue weighted by Crippen LogP contribution is -2.21. The maximum absolute atomic E-state index is 10.3. The van der Waals surface area contributed by atoms with Crippen LogP contribution in [0, 0.1) is 0 Å². The molecule has 5 heteroatoms. The van der Waals surface area contributed by atoms with E-state index in [1.807, 2.05) is 18.2 Å². The number of aliphatic carboxylic acids is 1. The number of rotatable bonds is 12. The Bertz CT molecular complexity index is 488. The van der Waals surface area contributed by atoms with Gasteiger partial charge in [-0.25, -0.2) is 4.98 Å². The molecule has 0 radical (unpaired) electrons. The van der Waals surface area contributed by atoms with E-state index in [0.717, 1.165) is 19.3 Å². The van der Waals surface area contributed by atoms with Crippen molar-refractivity contribution in [1.82, 2.24) is 4.98 Å². The maximum Gasteiger partial charge on any atom is 0.219 e.